The molecule has 2 aromatic rings. The minimum atomic E-state index is -1.06. The minimum Gasteiger partial charge on any atom is -0.346 e. The molecule has 126 valence electrons. The van der Waals surface area contributed by atoms with Gasteiger partial charge in [0.1, 0.15) is 5.69 Å². The van der Waals surface area contributed by atoms with E-state index >= 15 is 0 Å². The first kappa shape index (κ1) is 17.5. The third-order valence-corrected chi connectivity index (χ3v) is 2.92. The summed E-state index contributed by atoms with van der Waals surface area (Å²) in [7, 11) is 0. The maximum absolute atomic E-state index is 13.2. The van der Waals surface area contributed by atoms with Crippen LogP contribution < -0.4 is 10.6 Å². The van der Waals surface area contributed by atoms with Gasteiger partial charge in [0, 0.05) is 29.1 Å². The molecule has 1 heterocycles. The molecule has 0 aliphatic rings. The van der Waals surface area contributed by atoms with Gasteiger partial charge in [0.2, 0.25) is 0 Å². The maximum Gasteiger partial charge on any atom is 0.270 e. The summed E-state index contributed by atoms with van der Waals surface area (Å²) in [4.78, 5) is 28.2. The number of halogens is 2. The zero-order chi connectivity index (χ0) is 17.9. The zero-order valence-electron chi connectivity index (χ0n) is 13.5. The van der Waals surface area contributed by atoms with Crippen LogP contribution >= 0.6 is 0 Å². The Bertz CT molecular complexity index is 786. The number of carbonyl (C=O) groups is 2. The van der Waals surface area contributed by atoms with Gasteiger partial charge in [-0.05, 0) is 45.0 Å². The largest absolute Gasteiger partial charge is 0.346 e. The van der Waals surface area contributed by atoms with E-state index in [4.69, 9.17) is 0 Å². The summed E-state index contributed by atoms with van der Waals surface area (Å²) in [6, 6.07) is 5.78. The molecule has 1 aromatic heterocycles. The highest BCUT2D eigenvalue weighted by molar-refractivity contribution is 6.05. The second kappa shape index (κ2) is 6.74. The first-order valence-electron chi connectivity index (χ1n) is 7.21. The van der Waals surface area contributed by atoms with E-state index in [1.165, 1.54) is 24.4 Å². The molecule has 7 heteroatoms. The van der Waals surface area contributed by atoms with Crippen LogP contribution in [0.25, 0.3) is 0 Å². The molecule has 0 fully saturated rings. The number of benzene rings is 1. The molecule has 2 rings (SSSR count). The van der Waals surface area contributed by atoms with Crippen LogP contribution in [0, 0.1) is 11.6 Å². The lowest BCUT2D eigenvalue weighted by molar-refractivity contribution is 0.0914. The van der Waals surface area contributed by atoms with Gasteiger partial charge in [-0.25, -0.2) is 8.78 Å². The molecule has 0 spiro atoms. The topological polar surface area (TPSA) is 71.1 Å². The monoisotopic (exact) mass is 333 g/mol. The van der Waals surface area contributed by atoms with Crippen LogP contribution in [0.3, 0.4) is 0 Å². The van der Waals surface area contributed by atoms with Gasteiger partial charge in [-0.2, -0.15) is 0 Å². The number of rotatable bonds is 3. The molecule has 5 nitrogen and oxygen atoms in total. The first-order valence-corrected chi connectivity index (χ1v) is 7.21. The molecule has 24 heavy (non-hydrogen) atoms. The van der Waals surface area contributed by atoms with Crippen molar-refractivity contribution in [3.63, 3.8) is 0 Å². The van der Waals surface area contributed by atoms with Gasteiger partial charge >= 0.3 is 0 Å². The lowest BCUT2D eigenvalue weighted by Gasteiger charge is -2.20. The van der Waals surface area contributed by atoms with Crippen molar-refractivity contribution in [3.05, 3.63) is 59.4 Å². The van der Waals surface area contributed by atoms with Crippen LogP contribution in [-0.2, 0) is 0 Å². The van der Waals surface area contributed by atoms with Crippen molar-refractivity contribution in [1.29, 1.82) is 0 Å². The summed E-state index contributed by atoms with van der Waals surface area (Å²) in [5, 5.41) is 5.18. The summed E-state index contributed by atoms with van der Waals surface area (Å²) < 4.78 is 26.1. The quantitative estimate of drug-likeness (QED) is 0.906. The molecule has 2 amide bonds. The molecule has 0 radical (unpaired) electrons. The van der Waals surface area contributed by atoms with E-state index in [1.54, 1.807) is 0 Å². The lowest BCUT2D eigenvalue weighted by Crippen LogP contribution is -2.41. The smallest absolute Gasteiger partial charge is 0.270 e. The Kier molecular flexibility index (Phi) is 4.92. The predicted octanol–water partition coefficient (Wildman–Crippen LogP) is 3.14. The van der Waals surface area contributed by atoms with Crippen molar-refractivity contribution in [1.82, 2.24) is 10.3 Å². The van der Waals surface area contributed by atoms with Gasteiger partial charge in [-0.3, -0.25) is 14.6 Å². The fourth-order valence-corrected chi connectivity index (χ4v) is 1.88. The predicted molar refractivity (Wildman–Crippen MR) is 85.8 cm³/mol. The van der Waals surface area contributed by atoms with Crippen LogP contribution in [0.15, 0.2) is 36.5 Å². The Balaban J connectivity index is 2.16. The zero-order valence-corrected chi connectivity index (χ0v) is 13.5. The fourth-order valence-electron chi connectivity index (χ4n) is 1.88. The number of carbonyl (C=O) groups excluding carboxylic acids is 2. The van der Waals surface area contributed by atoms with Gasteiger partial charge in [-0.1, -0.05) is 0 Å². The maximum atomic E-state index is 13.2. The van der Waals surface area contributed by atoms with E-state index in [2.05, 4.69) is 15.6 Å². The number of nitrogens with one attached hydrogen (secondary N) is 2. The molecular weight excluding hydrogens is 316 g/mol. The Morgan fingerprint density at radius 3 is 2.33 bits per heavy atom. The van der Waals surface area contributed by atoms with E-state index in [0.717, 1.165) is 12.1 Å². The van der Waals surface area contributed by atoms with Crippen molar-refractivity contribution in [3.8, 4) is 0 Å². The average molecular weight is 333 g/mol. The molecule has 0 unspecified atom stereocenters. The highest BCUT2D eigenvalue weighted by atomic mass is 19.2. The molecule has 0 aliphatic carbocycles. The van der Waals surface area contributed by atoms with Crippen molar-refractivity contribution in [2.75, 3.05) is 5.32 Å². The van der Waals surface area contributed by atoms with Gasteiger partial charge in [0.15, 0.2) is 11.6 Å². The van der Waals surface area contributed by atoms with E-state index in [1.807, 2.05) is 20.8 Å². The highest BCUT2D eigenvalue weighted by Gasteiger charge is 2.18. The Labute approximate surface area is 138 Å². The van der Waals surface area contributed by atoms with Crippen molar-refractivity contribution in [2.24, 2.45) is 0 Å². The van der Waals surface area contributed by atoms with E-state index < -0.39 is 29.0 Å². The number of pyridine rings is 1. The van der Waals surface area contributed by atoms with E-state index in [-0.39, 0.29) is 16.9 Å². The molecule has 2 N–H and O–H groups in total. The van der Waals surface area contributed by atoms with Crippen LogP contribution in [0.4, 0.5) is 14.5 Å². The van der Waals surface area contributed by atoms with E-state index in [9.17, 15) is 18.4 Å². The van der Waals surface area contributed by atoms with Crippen molar-refractivity contribution in [2.45, 2.75) is 26.3 Å². The van der Waals surface area contributed by atoms with Gasteiger partial charge in [0.05, 0.1) is 0 Å². The second-order valence-corrected chi connectivity index (χ2v) is 6.22. The standard InChI is InChI=1S/C17H17F2N3O2/c1-17(2,3)22-16(24)14-8-10(6-7-20-14)15(23)21-11-4-5-12(18)13(19)9-11/h4-9H,1-3H3,(H,21,23)(H,22,24). The molecule has 0 aliphatic heterocycles. The van der Waals surface area contributed by atoms with Crippen LogP contribution in [0.1, 0.15) is 41.6 Å². The summed E-state index contributed by atoms with van der Waals surface area (Å²) in [5.41, 5.74) is -0.0732. The summed E-state index contributed by atoms with van der Waals surface area (Å²) in [6.45, 7) is 5.47. The molecule has 1 aromatic carbocycles. The van der Waals surface area contributed by atoms with Crippen LogP contribution in [0.2, 0.25) is 0 Å². The van der Waals surface area contributed by atoms with Gasteiger partial charge in [-0.15, -0.1) is 0 Å². The molecule has 0 atom stereocenters. The molecule has 0 bridgehead atoms. The van der Waals surface area contributed by atoms with Crippen molar-refractivity contribution >= 4 is 17.5 Å². The van der Waals surface area contributed by atoms with Crippen LogP contribution in [-0.4, -0.2) is 22.3 Å². The molecular formula is C17H17F2N3O2. The SMILES string of the molecule is CC(C)(C)NC(=O)c1cc(C(=O)Nc2ccc(F)c(F)c2)ccn1. The number of amides is 2. The van der Waals surface area contributed by atoms with Crippen molar-refractivity contribution < 1.29 is 18.4 Å². The number of aromatic nitrogens is 1. The molecule has 0 saturated heterocycles. The Morgan fingerprint density at radius 2 is 1.71 bits per heavy atom. The number of hydrogen-bond acceptors (Lipinski definition) is 3. The normalized spacial score (nSPS) is 11.0. The molecule has 0 saturated carbocycles. The second-order valence-electron chi connectivity index (χ2n) is 6.22. The Hall–Kier alpha value is -2.83. The fraction of sp³-hybridized carbons (Fsp3) is 0.235. The third kappa shape index (κ3) is 4.58. The summed E-state index contributed by atoms with van der Waals surface area (Å²) in [6.07, 6.45) is 1.33. The summed E-state index contributed by atoms with van der Waals surface area (Å²) in [5.74, 6) is -3.04. The van der Waals surface area contributed by atoms with Gasteiger partial charge in [0.25, 0.3) is 11.8 Å². The third-order valence-electron chi connectivity index (χ3n) is 2.92. The van der Waals surface area contributed by atoms with Crippen LogP contribution in [0.5, 0.6) is 0 Å². The average Bonchev–Trinajstić information content (AvgIpc) is 2.49. The lowest BCUT2D eigenvalue weighted by atomic mass is 10.1. The highest BCUT2D eigenvalue weighted by Crippen LogP contribution is 2.14. The summed E-state index contributed by atoms with van der Waals surface area (Å²) >= 11 is 0. The number of anilines is 1. The van der Waals surface area contributed by atoms with E-state index in [0.29, 0.717) is 0 Å². The Morgan fingerprint density at radius 1 is 1.00 bits per heavy atom. The number of nitrogens with zero attached hydrogens (tertiary/aromatic N) is 1. The first-order chi connectivity index (χ1) is 11.2. The number of hydrogen-bond donors (Lipinski definition) is 2. The van der Waals surface area contributed by atoms with Gasteiger partial charge < -0.3 is 10.6 Å². The minimum absolute atomic E-state index is 0.0860.